The summed E-state index contributed by atoms with van der Waals surface area (Å²) in [5, 5.41) is 0. The number of nitrogens with two attached hydrogens (primary N) is 1. The fourth-order valence-corrected chi connectivity index (χ4v) is 3.07. The molecular weight excluding hydrogens is 401 g/mol. The number of ether oxygens (including phenoxy) is 1. The highest BCUT2D eigenvalue weighted by Crippen LogP contribution is 2.32. The van der Waals surface area contributed by atoms with E-state index in [0.717, 1.165) is 12.1 Å². The van der Waals surface area contributed by atoms with Crippen molar-refractivity contribution in [1.29, 1.82) is 0 Å². The number of amides is 3. The summed E-state index contributed by atoms with van der Waals surface area (Å²) in [5.41, 5.74) is 2.28. The van der Waals surface area contributed by atoms with Gasteiger partial charge in [0, 0.05) is 24.3 Å². The van der Waals surface area contributed by atoms with E-state index in [9.17, 15) is 22.8 Å². The van der Waals surface area contributed by atoms with Gasteiger partial charge in [-0.25, -0.2) is 10.6 Å². The topological polar surface area (TPSA) is 87.9 Å². The number of hydrogen-bond donors (Lipinski definition) is 2. The highest BCUT2D eigenvalue weighted by atomic mass is 19.4. The minimum absolute atomic E-state index is 0.0298. The largest absolute Gasteiger partial charge is 0.416 e. The molecule has 1 aliphatic heterocycles. The average Bonchev–Trinajstić information content (AvgIpc) is 2.77. The number of rotatable bonds is 4. The molecule has 3 N–H and O–H groups in total. The average molecular weight is 422 g/mol. The Kier molecular flexibility index (Phi) is 6.58. The Morgan fingerprint density at radius 2 is 1.77 bits per heavy atom. The van der Waals surface area contributed by atoms with Crippen molar-refractivity contribution in [2.75, 3.05) is 31.2 Å². The molecule has 3 amide bonds. The van der Waals surface area contributed by atoms with Gasteiger partial charge in [-0.1, -0.05) is 18.2 Å². The van der Waals surface area contributed by atoms with E-state index in [1.807, 2.05) is 5.43 Å². The minimum Gasteiger partial charge on any atom is -0.378 e. The van der Waals surface area contributed by atoms with Gasteiger partial charge in [-0.15, -0.1) is 0 Å². The van der Waals surface area contributed by atoms with Crippen LogP contribution in [0.1, 0.15) is 21.5 Å². The molecule has 0 saturated carbocycles. The lowest BCUT2D eigenvalue weighted by atomic mass is 10.1. The van der Waals surface area contributed by atoms with Crippen LogP contribution in [-0.4, -0.2) is 43.1 Å². The Bertz CT molecular complexity index is 897. The second-order valence-electron chi connectivity index (χ2n) is 6.69. The number of nitrogen functional groups attached to an aromatic ring is 1. The fraction of sp³-hybridized carbons (Fsp3) is 0.300. The van der Waals surface area contributed by atoms with Gasteiger partial charge in [0.15, 0.2) is 0 Å². The Labute approximate surface area is 171 Å². The molecule has 0 atom stereocenters. The van der Waals surface area contributed by atoms with Crippen molar-refractivity contribution in [2.24, 2.45) is 5.84 Å². The predicted octanol–water partition coefficient (Wildman–Crippen LogP) is 2.77. The second-order valence-corrected chi connectivity index (χ2v) is 6.69. The number of urea groups is 1. The molecule has 1 saturated heterocycles. The minimum atomic E-state index is -4.53. The highest BCUT2D eigenvalue weighted by Gasteiger charge is 2.32. The molecule has 0 aliphatic carbocycles. The van der Waals surface area contributed by atoms with Crippen LogP contribution < -0.4 is 16.2 Å². The molecule has 0 bridgehead atoms. The zero-order chi connectivity index (χ0) is 21.7. The van der Waals surface area contributed by atoms with Gasteiger partial charge in [-0.05, 0) is 35.9 Å². The third-order valence-corrected chi connectivity index (χ3v) is 4.69. The number of anilines is 1. The van der Waals surface area contributed by atoms with Crippen molar-refractivity contribution < 1.29 is 27.5 Å². The number of nitrogens with zero attached hydrogens (tertiary/aromatic N) is 2. The number of benzene rings is 2. The number of morpholine rings is 1. The van der Waals surface area contributed by atoms with Gasteiger partial charge in [0.05, 0.1) is 25.3 Å². The summed E-state index contributed by atoms with van der Waals surface area (Å²) in [4.78, 5) is 27.5. The molecule has 0 spiro atoms. The molecule has 0 aromatic heterocycles. The number of carbonyl (C=O) groups is 2. The van der Waals surface area contributed by atoms with Crippen LogP contribution in [-0.2, 0) is 17.5 Å². The number of carbonyl (C=O) groups excluding carboxylic acids is 2. The summed E-state index contributed by atoms with van der Waals surface area (Å²) in [6.07, 6.45) is -4.53. The van der Waals surface area contributed by atoms with Crippen LogP contribution in [0.15, 0.2) is 48.5 Å². The third-order valence-electron chi connectivity index (χ3n) is 4.69. The summed E-state index contributed by atoms with van der Waals surface area (Å²) < 4.78 is 44.8. The Hall–Kier alpha value is -3.11. The van der Waals surface area contributed by atoms with E-state index in [1.54, 1.807) is 17.0 Å². The number of hydrogen-bond acceptors (Lipinski definition) is 4. The van der Waals surface area contributed by atoms with E-state index in [4.69, 9.17) is 10.6 Å². The fourth-order valence-electron chi connectivity index (χ4n) is 3.07. The molecule has 30 heavy (non-hydrogen) atoms. The third kappa shape index (κ3) is 5.08. The lowest BCUT2D eigenvalue weighted by molar-refractivity contribution is -0.137. The molecule has 10 heteroatoms. The van der Waals surface area contributed by atoms with Crippen molar-refractivity contribution >= 4 is 17.6 Å². The first-order valence-electron chi connectivity index (χ1n) is 9.21. The van der Waals surface area contributed by atoms with E-state index in [-0.39, 0.29) is 12.2 Å². The molecule has 1 fully saturated rings. The van der Waals surface area contributed by atoms with Crippen LogP contribution in [0.5, 0.6) is 0 Å². The van der Waals surface area contributed by atoms with E-state index in [1.165, 1.54) is 29.2 Å². The van der Waals surface area contributed by atoms with E-state index < -0.39 is 23.7 Å². The van der Waals surface area contributed by atoms with Crippen LogP contribution in [0, 0.1) is 0 Å². The molecule has 0 radical (unpaired) electrons. The summed E-state index contributed by atoms with van der Waals surface area (Å²) in [7, 11) is 0. The second kappa shape index (κ2) is 9.14. The lowest BCUT2D eigenvalue weighted by Crippen LogP contribution is -2.48. The zero-order valence-corrected chi connectivity index (χ0v) is 16.0. The maximum absolute atomic E-state index is 13.2. The summed E-state index contributed by atoms with van der Waals surface area (Å²) >= 11 is 0. The SMILES string of the molecule is NNC(=O)c1ccc(CN(C(=O)N2CCOCC2)c2cccc(C(F)(F)F)c2)cc1. The normalized spacial score (nSPS) is 14.3. The maximum atomic E-state index is 13.2. The van der Waals surface area contributed by atoms with Crippen LogP contribution in [0.25, 0.3) is 0 Å². The Morgan fingerprint density at radius 3 is 2.37 bits per heavy atom. The van der Waals surface area contributed by atoms with Crippen molar-refractivity contribution in [3.63, 3.8) is 0 Å². The van der Waals surface area contributed by atoms with Crippen molar-refractivity contribution in [1.82, 2.24) is 10.3 Å². The van der Waals surface area contributed by atoms with Gasteiger partial charge in [0.1, 0.15) is 0 Å². The molecule has 160 valence electrons. The van der Waals surface area contributed by atoms with Gasteiger partial charge in [0.25, 0.3) is 5.91 Å². The molecular formula is C20H21F3N4O3. The van der Waals surface area contributed by atoms with Crippen LogP contribution >= 0.6 is 0 Å². The van der Waals surface area contributed by atoms with Gasteiger partial charge in [-0.3, -0.25) is 15.1 Å². The van der Waals surface area contributed by atoms with Crippen LogP contribution in [0.3, 0.4) is 0 Å². The summed E-state index contributed by atoms with van der Waals surface area (Å²) in [6.45, 7) is 1.46. The maximum Gasteiger partial charge on any atom is 0.416 e. The van der Waals surface area contributed by atoms with Crippen LogP contribution in [0.2, 0.25) is 0 Å². The lowest BCUT2D eigenvalue weighted by Gasteiger charge is -2.33. The molecule has 1 heterocycles. The molecule has 2 aromatic carbocycles. The number of nitrogens with one attached hydrogen (secondary N) is 1. The summed E-state index contributed by atoms with van der Waals surface area (Å²) in [5.74, 6) is 4.64. The van der Waals surface area contributed by atoms with E-state index in [0.29, 0.717) is 37.4 Å². The first-order chi connectivity index (χ1) is 14.3. The molecule has 3 rings (SSSR count). The monoisotopic (exact) mass is 422 g/mol. The van der Waals surface area contributed by atoms with E-state index in [2.05, 4.69) is 0 Å². The smallest absolute Gasteiger partial charge is 0.378 e. The zero-order valence-electron chi connectivity index (χ0n) is 16.0. The highest BCUT2D eigenvalue weighted by molar-refractivity contribution is 5.94. The number of halogens is 3. The quantitative estimate of drug-likeness (QED) is 0.451. The molecule has 2 aromatic rings. The first kappa shape index (κ1) is 21.6. The Balaban J connectivity index is 1.91. The molecule has 1 aliphatic rings. The molecule has 0 unspecified atom stereocenters. The van der Waals surface area contributed by atoms with Gasteiger partial charge < -0.3 is 9.64 Å². The first-order valence-corrected chi connectivity index (χ1v) is 9.21. The number of hydrazine groups is 1. The van der Waals surface area contributed by atoms with Gasteiger partial charge in [-0.2, -0.15) is 13.2 Å². The molecule has 7 nitrogen and oxygen atoms in total. The number of alkyl halides is 3. The van der Waals surface area contributed by atoms with Gasteiger partial charge in [0.2, 0.25) is 0 Å². The standard InChI is InChI=1S/C20H21F3N4O3/c21-20(22,23)16-2-1-3-17(12-16)27(19(29)26-8-10-30-11-9-26)13-14-4-6-15(7-5-14)18(28)25-24/h1-7,12H,8-11,13,24H2,(H,25,28). The van der Waals surface area contributed by atoms with Crippen molar-refractivity contribution in [3.8, 4) is 0 Å². The van der Waals surface area contributed by atoms with Crippen LogP contribution in [0.4, 0.5) is 23.7 Å². The van der Waals surface area contributed by atoms with Crippen molar-refractivity contribution in [3.05, 3.63) is 65.2 Å². The predicted molar refractivity (Wildman–Crippen MR) is 104 cm³/mol. The Morgan fingerprint density at radius 1 is 1.10 bits per heavy atom. The summed E-state index contributed by atoms with van der Waals surface area (Å²) in [6, 6.07) is 10.5. The van der Waals surface area contributed by atoms with Gasteiger partial charge >= 0.3 is 12.2 Å². The van der Waals surface area contributed by atoms with E-state index >= 15 is 0 Å². The van der Waals surface area contributed by atoms with Crippen molar-refractivity contribution in [2.45, 2.75) is 12.7 Å².